The van der Waals surface area contributed by atoms with E-state index >= 15 is 0 Å². The van der Waals surface area contributed by atoms with Gasteiger partial charge in [-0.2, -0.15) is 18.3 Å². The second kappa shape index (κ2) is 10.9. The van der Waals surface area contributed by atoms with Gasteiger partial charge in [-0.15, -0.1) is 0 Å². The van der Waals surface area contributed by atoms with E-state index in [1.54, 1.807) is 10.7 Å². The fourth-order valence-electron chi connectivity index (χ4n) is 5.13. The fourth-order valence-corrected chi connectivity index (χ4v) is 5.13. The number of aliphatic carboxylic acids is 1. The van der Waals surface area contributed by atoms with Crippen LogP contribution in [0.15, 0.2) is 84.9 Å². The quantitative estimate of drug-likeness (QED) is 0.211. The van der Waals surface area contributed by atoms with E-state index < -0.39 is 17.7 Å². The van der Waals surface area contributed by atoms with E-state index in [0.717, 1.165) is 45.1 Å². The number of halogens is 3. The highest BCUT2D eigenvalue weighted by atomic mass is 19.4. The van der Waals surface area contributed by atoms with Crippen LogP contribution in [0.25, 0.3) is 22.2 Å². The van der Waals surface area contributed by atoms with E-state index in [2.05, 4.69) is 10.4 Å². The fraction of sp³-hybridized carbons (Fsp3) is 0.188. The third-order valence-corrected chi connectivity index (χ3v) is 6.99. The van der Waals surface area contributed by atoms with Gasteiger partial charge in [0.1, 0.15) is 5.52 Å². The molecule has 5 rings (SSSR count). The minimum atomic E-state index is -4.52. The Morgan fingerprint density at radius 2 is 1.57 bits per heavy atom. The van der Waals surface area contributed by atoms with Crippen molar-refractivity contribution in [2.24, 2.45) is 0 Å². The Kier molecular flexibility index (Phi) is 7.34. The summed E-state index contributed by atoms with van der Waals surface area (Å²) in [5.41, 5.74) is 6.22. The number of nitrogens with one attached hydrogen (secondary N) is 1. The summed E-state index contributed by atoms with van der Waals surface area (Å²) < 4.78 is 43.1. The number of fused-ring (bicyclic) bond motifs is 1. The molecule has 4 aromatic carbocycles. The third-order valence-electron chi connectivity index (χ3n) is 6.99. The first kappa shape index (κ1) is 27.0. The first-order valence-electron chi connectivity index (χ1n) is 12.9. The van der Waals surface area contributed by atoms with Crippen molar-refractivity contribution in [1.82, 2.24) is 9.78 Å². The maximum absolute atomic E-state index is 13.8. The number of carboxylic acids is 1. The van der Waals surface area contributed by atoms with Gasteiger partial charge in [0.15, 0.2) is 0 Å². The lowest BCUT2D eigenvalue weighted by molar-refractivity contribution is -0.137. The first-order chi connectivity index (χ1) is 19.1. The number of nitrogens with zero attached hydrogens (tertiary/aromatic N) is 2. The van der Waals surface area contributed by atoms with Crippen LogP contribution in [0.3, 0.4) is 0 Å². The first-order valence-corrected chi connectivity index (χ1v) is 12.9. The van der Waals surface area contributed by atoms with Crippen LogP contribution < -0.4 is 5.32 Å². The van der Waals surface area contributed by atoms with E-state index in [1.807, 2.05) is 80.6 Å². The van der Waals surface area contributed by atoms with Crippen molar-refractivity contribution >= 4 is 22.6 Å². The molecule has 0 bridgehead atoms. The molecule has 0 unspecified atom stereocenters. The van der Waals surface area contributed by atoms with Gasteiger partial charge in [-0.1, -0.05) is 66.7 Å². The summed E-state index contributed by atoms with van der Waals surface area (Å²) in [5.74, 6) is -0.864. The highest BCUT2D eigenvalue weighted by Crippen LogP contribution is 2.38. The molecule has 5 aromatic rings. The highest BCUT2D eigenvalue weighted by molar-refractivity contribution is 5.95. The zero-order valence-electron chi connectivity index (χ0n) is 22.1. The summed E-state index contributed by atoms with van der Waals surface area (Å²) in [6.07, 6.45) is -4.53. The van der Waals surface area contributed by atoms with Crippen LogP contribution in [0.1, 0.15) is 33.4 Å². The van der Waals surface area contributed by atoms with Gasteiger partial charge in [-0.25, -0.2) is 0 Å². The molecule has 204 valence electrons. The Balaban J connectivity index is 1.46. The minimum absolute atomic E-state index is 0.0170. The van der Waals surface area contributed by atoms with Crippen molar-refractivity contribution in [3.05, 3.63) is 118 Å². The smallest absolute Gasteiger partial charge is 0.418 e. The molecule has 0 radical (unpaired) electrons. The van der Waals surface area contributed by atoms with Gasteiger partial charge >= 0.3 is 12.1 Å². The van der Waals surface area contributed by atoms with Gasteiger partial charge in [-0.3, -0.25) is 9.48 Å². The number of hydrogen-bond donors (Lipinski definition) is 2. The summed E-state index contributed by atoms with van der Waals surface area (Å²) in [7, 11) is 0. The Labute approximate surface area is 229 Å². The van der Waals surface area contributed by atoms with E-state index in [0.29, 0.717) is 24.2 Å². The predicted octanol–water partition coefficient (Wildman–Crippen LogP) is 7.63. The van der Waals surface area contributed by atoms with Gasteiger partial charge < -0.3 is 10.4 Å². The molecule has 1 heterocycles. The molecule has 5 nitrogen and oxygen atoms in total. The minimum Gasteiger partial charge on any atom is -0.481 e. The number of carbonyl (C=O) groups is 1. The molecule has 0 aliphatic rings. The lowest BCUT2D eigenvalue weighted by atomic mass is 9.97. The van der Waals surface area contributed by atoms with E-state index in [4.69, 9.17) is 5.11 Å². The van der Waals surface area contributed by atoms with E-state index in [-0.39, 0.29) is 11.9 Å². The van der Waals surface area contributed by atoms with Crippen LogP contribution in [0, 0.1) is 13.8 Å². The summed E-state index contributed by atoms with van der Waals surface area (Å²) in [6.45, 7) is 4.81. The number of anilines is 1. The molecule has 0 amide bonds. The van der Waals surface area contributed by atoms with Gasteiger partial charge in [0.25, 0.3) is 0 Å². The summed E-state index contributed by atoms with van der Waals surface area (Å²) in [4.78, 5) is 11.1. The zero-order chi connectivity index (χ0) is 28.4. The van der Waals surface area contributed by atoms with Crippen molar-refractivity contribution < 1.29 is 23.1 Å². The van der Waals surface area contributed by atoms with Crippen molar-refractivity contribution in [2.45, 2.75) is 39.5 Å². The predicted molar refractivity (Wildman–Crippen MR) is 150 cm³/mol. The van der Waals surface area contributed by atoms with Crippen LogP contribution in [0.4, 0.5) is 18.9 Å². The Morgan fingerprint density at radius 3 is 2.20 bits per heavy atom. The molecule has 0 fully saturated rings. The molecule has 8 heteroatoms. The standard InChI is InChI=1S/C32H28F3N3O2/c1-20-15-23(17-29(39)40)16-21(2)27(20)18-36-25-13-11-24(12-14-25)31-26-9-6-10-28(32(33,34)35)30(26)37-38(31)19-22-7-4-3-5-8-22/h3-16,36H,17-19H2,1-2H3,(H,39,40). The maximum atomic E-state index is 13.8. The normalized spacial score (nSPS) is 11.6. The summed E-state index contributed by atoms with van der Waals surface area (Å²) in [6, 6.07) is 25.1. The monoisotopic (exact) mass is 543 g/mol. The molecule has 2 N–H and O–H groups in total. The summed E-state index contributed by atoms with van der Waals surface area (Å²) >= 11 is 0. The third kappa shape index (κ3) is 5.71. The highest BCUT2D eigenvalue weighted by Gasteiger charge is 2.34. The number of alkyl halides is 3. The maximum Gasteiger partial charge on any atom is 0.418 e. The average molecular weight is 544 g/mol. The molecule has 0 aliphatic heterocycles. The number of rotatable bonds is 8. The number of benzene rings is 4. The van der Waals surface area contributed by atoms with Gasteiger partial charge in [-0.05, 0) is 59.9 Å². The molecule has 40 heavy (non-hydrogen) atoms. The van der Waals surface area contributed by atoms with Crippen molar-refractivity contribution in [3.63, 3.8) is 0 Å². The molecular formula is C32H28F3N3O2. The second-order valence-corrected chi connectivity index (χ2v) is 9.90. The Bertz CT molecular complexity index is 1650. The molecule has 0 spiro atoms. The number of hydrogen-bond acceptors (Lipinski definition) is 3. The molecule has 1 aromatic heterocycles. The summed E-state index contributed by atoms with van der Waals surface area (Å²) in [5, 5.41) is 17.4. The molecule has 0 saturated carbocycles. The van der Waals surface area contributed by atoms with Crippen molar-refractivity contribution in [2.75, 3.05) is 5.32 Å². The second-order valence-electron chi connectivity index (χ2n) is 9.90. The zero-order valence-corrected chi connectivity index (χ0v) is 22.1. The van der Waals surface area contributed by atoms with Crippen molar-refractivity contribution in [3.8, 4) is 11.3 Å². The molecular weight excluding hydrogens is 515 g/mol. The van der Waals surface area contributed by atoms with E-state index in [9.17, 15) is 18.0 Å². The van der Waals surface area contributed by atoms with Crippen molar-refractivity contribution in [1.29, 1.82) is 0 Å². The topological polar surface area (TPSA) is 67.2 Å². The number of carboxylic acid groups (broad SMARTS) is 1. The van der Waals surface area contributed by atoms with Crippen LogP contribution in [0.5, 0.6) is 0 Å². The Morgan fingerprint density at radius 1 is 0.900 bits per heavy atom. The SMILES string of the molecule is Cc1cc(CC(=O)O)cc(C)c1CNc1ccc(-c2c3cccc(C(F)(F)F)c3nn2Cc2ccccc2)cc1. The lowest BCUT2D eigenvalue weighted by Gasteiger charge is -2.14. The molecule has 0 saturated heterocycles. The van der Waals surface area contributed by atoms with Crippen LogP contribution in [0.2, 0.25) is 0 Å². The molecule has 0 aliphatic carbocycles. The largest absolute Gasteiger partial charge is 0.481 e. The molecule has 0 atom stereocenters. The van der Waals surface area contributed by atoms with Crippen LogP contribution in [-0.2, 0) is 30.5 Å². The average Bonchev–Trinajstić information content (AvgIpc) is 3.26. The van der Waals surface area contributed by atoms with Gasteiger partial charge in [0.2, 0.25) is 0 Å². The van der Waals surface area contributed by atoms with Crippen LogP contribution in [-0.4, -0.2) is 20.9 Å². The van der Waals surface area contributed by atoms with Crippen LogP contribution >= 0.6 is 0 Å². The number of aromatic nitrogens is 2. The Hall–Kier alpha value is -4.59. The van der Waals surface area contributed by atoms with Gasteiger partial charge in [0.05, 0.1) is 24.2 Å². The number of aryl methyl sites for hydroxylation is 2. The van der Waals surface area contributed by atoms with E-state index in [1.165, 1.54) is 6.07 Å². The lowest BCUT2D eigenvalue weighted by Crippen LogP contribution is -2.07. The van der Waals surface area contributed by atoms with Gasteiger partial charge in [0, 0.05) is 23.2 Å².